The average Bonchev–Trinajstić information content (AvgIpc) is 3.83. The standard InChI is InChI=1S/C37H32ClN7/c1-2-33(25-12-7-4-8-13-25)42-35-28(21-39)22-40-37-31(35)19-29(20-32(37)38)41-36(34-23-45(44-43-34)30-16-17-30)27-15-9-14-26(18-27)24-10-5-3-6-11-24/h3-15,18-20,22-23,30,33,36,41H,2,16-17H2,1H3,(H,40,42). The second kappa shape index (κ2) is 12.4. The summed E-state index contributed by atoms with van der Waals surface area (Å²) in [5.41, 5.74) is 7.87. The summed E-state index contributed by atoms with van der Waals surface area (Å²) in [6.45, 7) is 2.13. The van der Waals surface area contributed by atoms with E-state index in [0.717, 1.165) is 58.3 Å². The van der Waals surface area contributed by atoms with Crippen LogP contribution in [0.25, 0.3) is 22.0 Å². The van der Waals surface area contributed by atoms with Crippen LogP contribution in [-0.4, -0.2) is 20.0 Å². The lowest BCUT2D eigenvalue weighted by molar-refractivity contribution is 0.610. The predicted molar refractivity (Wildman–Crippen MR) is 180 cm³/mol. The number of aromatic nitrogens is 4. The van der Waals surface area contributed by atoms with Gasteiger partial charge >= 0.3 is 0 Å². The van der Waals surface area contributed by atoms with Crippen LogP contribution in [0.3, 0.4) is 0 Å². The first-order valence-corrected chi connectivity index (χ1v) is 15.7. The Bertz CT molecular complexity index is 2000. The minimum absolute atomic E-state index is 0.00484. The van der Waals surface area contributed by atoms with Crippen LogP contribution in [0, 0.1) is 11.3 Å². The third-order valence-corrected chi connectivity index (χ3v) is 8.65. The second-order valence-electron chi connectivity index (χ2n) is 11.5. The molecule has 2 aromatic heterocycles. The summed E-state index contributed by atoms with van der Waals surface area (Å²) < 4.78 is 1.97. The summed E-state index contributed by atoms with van der Waals surface area (Å²) in [5.74, 6) is 0. The Balaban J connectivity index is 1.31. The molecule has 1 aliphatic rings. The number of rotatable bonds is 10. The molecule has 0 amide bonds. The van der Waals surface area contributed by atoms with Crippen molar-refractivity contribution in [3.8, 4) is 17.2 Å². The van der Waals surface area contributed by atoms with E-state index in [9.17, 15) is 5.26 Å². The summed E-state index contributed by atoms with van der Waals surface area (Å²) in [6.07, 6.45) is 6.71. The van der Waals surface area contributed by atoms with Gasteiger partial charge in [-0.1, -0.05) is 103 Å². The molecule has 1 fully saturated rings. The molecule has 2 atom stereocenters. The lowest BCUT2D eigenvalue weighted by Gasteiger charge is -2.23. The van der Waals surface area contributed by atoms with Crippen LogP contribution in [0.4, 0.5) is 11.4 Å². The Labute approximate surface area is 267 Å². The highest BCUT2D eigenvalue weighted by Crippen LogP contribution is 2.39. The van der Waals surface area contributed by atoms with E-state index in [2.05, 4.69) is 87.5 Å². The smallest absolute Gasteiger partial charge is 0.109 e. The van der Waals surface area contributed by atoms with Gasteiger partial charge in [0.2, 0.25) is 0 Å². The second-order valence-corrected chi connectivity index (χ2v) is 11.9. The highest BCUT2D eigenvalue weighted by molar-refractivity contribution is 6.35. The molecule has 8 heteroatoms. The van der Waals surface area contributed by atoms with Crippen LogP contribution in [0.15, 0.2) is 109 Å². The van der Waals surface area contributed by atoms with E-state index in [1.165, 1.54) is 0 Å². The van der Waals surface area contributed by atoms with Gasteiger partial charge in [0.25, 0.3) is 0 Å². The first kappa shape index (κ1) is 28.6. The maximum atomic E-state index is 10.1. The quantitative estimate of drug-likeness (QED) is 0.161. The van der Waals surface area contributed by atoms with Crippen LogP contribution < -0.4 is 10.6 Å². The molecule has 0 spiro atoms. The van der Waals surface area contributed by atoms with Crippen molar-refractivity contribution in [1.29, 1.82) is 5.26 Å². The molecule has 7 nitrogen and oxygen atoms in total. The Morgan fingerprint density at radius 2 is 1.64 bits per heavy atom. The van der Waals surface area contributed by atoms with E-state index < -0.39 is 0 Å². The van der Waals surface area contributed by atoms with Crippen LogP contribution in [0.5, 0.6) is 0 Å². The summed E-state index contributed by atoms with van der Waals surface area (Å²) in [6, 6.07) is 35.5. The lowest BCUT2D eigenvalue weighted by atomic mass is 9.97. The average molecular weight is 610 g/mol. The van der Waals surface area contributed by atoms with Crippen LogP contribution >= 0.6 is 11.6 Å². The van der Waals surface area contributed by atoms with E-state index >= 15 is 0 Å². The van der Waals surface area contributed by atoms with Crippen molar-refractivity contribution in [2.75, 3.05) is 10.6 Å². The van der Waals surface area contributed by atoms with Crippen molar-refractivity contribution in [2.24, 2.45) is 0 Å². The maximum absolute atomic E-state index is 10.1. The fraction of sp³-hybridized carbons (Fsp3) is 0.189. The van der Waals surface area contributed by atoms with Gasteiger partial charge in [0, 0.05) is 17.3 Å². The summed E-state index contributed by atoms with van der Waals surface area (Å²) in [4.78, 5) is 4.58. The van der Waals surface area contributed by atoms with Crippen LogP contribution in [-0.2, 0) is 0 Å². The molecule has 1 saturated carbocycles. The number of nitrogens with one attached hydrogen (secondary N) is 2. The zero-order chi connectivity index (χ0) is 30.8. The van der Waals surface area contributed by atoms with Crippen molar-refractivity contribution in [2.45, 2.75) is 44.3 Å². The number of hydrogen-bond donors (Lipinski definition) is 2. The van der Waals surface area contributed by atoms with Gasteiger partial charge in [-0.05, 0) is 59.7 Å². The number of halogens is 1. The number of pyridine rings is 1. The Morgan fingerprint density at radius 1 is 0.911 bits per heavy atom. The molecule has 2 heterocycles. The van der Waals surface area contributed by atoms with Gasteiger partial charge in [-0.15, -0.1) is 5.10 Å². The molecule has 0 bridgehead atoms. The van der Waals surface area contributed by atoms with Gasteiger partial charge in [0.15, 0.2) is 0 Å². The molecule has 2 N–H and O–H groups in total. The molecule has 0 radical (unpaired) electrons. The van der Waals surface area contributed by atoms with Gasteiger partial charge < -0.3 is 10.6 Å². The topological polar surface area (TPSA) is 91.5 Å². The molecule has 4 aromatic carbocycles. The normalized spacial score (nSPS) is 14.1. The minimum Gasteiger partial charge on any atom is -0.377 e. The first-order valence-electron chi connectivity index (χ1n) is 15.3. The lowest BCUT2D eigenvalue weighted by Crippen LogP contribution is -2.14. The number of benzene rings is 4. The number of hydrogen-bond acceptors (Lipinski definition) is 6. The van der Waals surface area contributed by atoms with Crippen molar-refractivity contribution >= 4 is 33.9 Å². The fourth-order valence-electron chi connectivity index (χ4n) is 5.83. The Kier molecular flexibility index (Phi) is 7.89. The molecule has 45 heavy (non-hydrogen) atoms. The number of nitrogens with zero attached hydrogens (tertiary/aromatic N) is 5. The third-order valence-electron chi connectivity index (χ3n) is 8.36. The van der Waals surface area contributed by atoms with Gasteiger partial charge in [0.05, 0.1) is 46.1 Å². The largest absolute Gasteiger partial charge is 0.377 e. The molecule has 2 unspecified atom stereocenters. The molecular weight excluding hydrogens is 578 g/mol. The monoisotopic (exact) mass is 609 g/mol. The Morgan fingerprint density at radius 3 is 2.38 bits per heavy atom. The molecule has 6 aromatic rings. The van der Waals surface area contributed by atoms with Crippen LogP contribution in [0.2, 0.25) is 5.02 Å². The van der Waals surface area contributed by atoms with E-state index in [1.54, 1.807) is 6.20 Å². The summed E-state index contributed by atoms with van der Waals surface area (Å²) in [5, 5.41) is 27.8. The van der Waals surface area contributed by atoms with E-state index in [-0.39, 0.29) is 12.1 Å². The summed E-state index contributed by atoms with van der Waals surface area (Å²) in [7, 11) is 0. The molecule has 1 aliphatic carbocycles. The zero-order valence-electron chi connectivity index (χ0n) is 24.9. The Hall–Kier alpha value is -5.19. The van der Waals surface area contributed by atoms with Gasteiger partial charge in [0.1, 0.15) is 11.8 Å². The predicted octanol–water partition coefficient (Wildman–Crippen LogP) is 9.12. The highest BCUT2D eigenvalue weighted by Gasteiger charge is 2.27. The number of fused-ring (bicyclic) bond motifs is 1. The van der Waals surface area contributed by atoms with E-state index in [4.69, 9.17) is 11.6 Å². The third kappa shape index (κ3) is 5.98. The minimum atomic E-state index is -0.300. The fourth-order valence-corrected chi connectivity index (χ4v) is 6.10. The van der Waals surface area contributed by atoms with Crippen molar-refractivity contribution < 1.29 is 0 Å². The molecule has 7 rings (SSSR count). The highest BCUT2D eigenvalue weighted by atomic mass is 35.5. The van der Waals surface area contributed by atoms with E-state index in [0.29, 0.717) is 27.8 Å². The van der Waals surface area contributed by atoms with Crippen molar-refractivity contribution in [1.82, 2.24) is 20.0 Å². The van der Waals surface area contributed by atoms with Gasteiger partial charge in [-0.25, -0.2) is 4.68 Å². The number of anilines is 2. The molecule has 0 aliphatic heterocycles. The zero-order valence-corrected chi connectivity index (χ0v) is 25.6. The first-order chi connectivity index (χ1) is 22.1. The number of nitriles is 1. The molecule has 222 valence electrons. The SMILES string of the molecule is CCC(Nc1c(C#N)cnc2c(Cl)cc(NC(c3cccc(-c4ccccc4)c3)c3cn(C4CC4)nn3)cc12)c1ccccc1. The molecular formula is C37H32ClN7. The van der Waals surface area contributed by atoms with E-state index in [1.807, 2.05) is 59.4 Å². The van der Waals surface area contributed by atoms with Crippen molar-refractivity contribution in [3.63, 3.8) is 0 Å². The van der Waals surface area contributed by atoms with Crippen molar-refractivity contribution in [3.05, 3.63) is 137 Å². The summed E-state index contributed by atoms with van der Waals surface area (Å²) >= 11 is 6.91. The van der Waals surface area contributed by atoms with Crippen LogP contribution in [0.1, 0.15) is 66.7 Å². The van der Waals surface area contributed by atoms with Gasteiger partial charge in [-0.3, -0.25) is 4.98 Å². The van der Waals surface area contributed by atoms with Gasteiger partial charge in [-0.2, -0.15) is 5.26 Å². The molecule has 0 saturated heterocycles. The maximum Gasteiger partial charge on any atom is 0.109 e.